The van der Waals surface area contributed by atoms with E-state index in [1.165, 1.54) is 12.3 Å². The largest absolute Gasteiger partial charge is 0.493 e. The van der Waals surface area contributed by atoms with Crippen molar-refractivity contribution in [3.63, 3.8) is 0 Å². The number of ether oxygens (including phenoxy) is 1. The summed E-state index contributed by atoms with van der Waals surface area (Å²) in [6.07, 6.45) is 3.80. The third kappa shape index (κ3) is 2.38. The van der Waals surface area contributed by atoms with Gasteiger partial charge in [-0.15, -0.1) is 0 Å². The molecule has 1 heterocycles. The fourth-order valence-electron chi connectivity index (χ4n) is 1.70. The molecular formula is C12H13N3O3. The van der Waals surface area contributed by atoms with E-state index in [1.54, 1.807) is 18.3 Å². The van der Waals surface area contributed by atoms with Crippen molar-refractivity contribution >= 4 is 16.5 Å². The predicted octanol–water partition coefficient (Wildman–Crippen LogP) is 1.87. The Morgan fingerprint density at radius 3 is 2.89 bits per heavy atom. The van der Waals surface area contributed by atoms with Crippen LogP contribution in [0.2, 0.25) is 0 Å². The Kier molecular flexibility index (Phi) is 3.69. The van der Waals surface area contributed by atoms with Crippen molar-refractivity contribution in [3.05, 3.63) is 40.7 Å². The zero-order valence-corrected chi connectivity index (χ0v) is 9.70. The van der Waals surface area contributed by atoms with Crippen LogP contribution in [0, 0.1) is 10.1 Å². The summed E-state index contributed by atoms with van der Waals surface area (Å²) in [7, 11) is 0. The molecule has 94 valence electrons. The van der Waals surface area contributed by atoms with Crippen LogP contribution in [0.5, 0.6) is 5.75 Å². The molecule has 0 aliphatic heterocycles. The van der Waals surface area contributed by atoms with Gasteiger partial charge in [0.15, 0.2) is 0 Å². The van der Waals surface area contributed by atoms with E-state index in [9.17, 15) is 10.1 Å². The molecule has 18 heavy (non-hydrogen) atoms. The molecule has 1 aromatic carbocycles. The van der Waals surface area contributed by atoms with Crippen molar-refractivity contribution in [2.75, 3.05) is 13.2 Å². The minimum Gasteiger partial charge on any atom is -0.493 e. The number of nitro benzene ring substituents is 1. The molecule has 6 heteroatoms. The Morgan fingerprint density at radius 2 is 2.17 bits per heavy atom. The number of nitro groups is 1. The molecule has 0 saturated heterocycles. The number of hydrogen-bond acceptors (Lipinski definition) is 5. The van der Waals surface area contributed by atoms with Crippen LogP contribution in [-0.4, -0.2) is 23.1 Å². The number of non-ortho nitro benzene ring substituents is 1. The number of pyridine rings is 1. The summed E-state index contributed by atoms with van der Waals surface area (Å²) in [5.74, 6) is 0.617. The summed E-state index contributed by atoms with van der Waals surface area (Å²) in [5, 5.41) is 12.1. The fourth-order valence-corrected chi connectivity index (χ4v) is 1.70. The lowest BCUT2D eigenvalue weighted by molar-refractivity contribution is -0.383. The molecule has 6 nitrogen and oxygen atoms in total. The van der Waals surface area contributed by atoms with E-state index in [0.29, 0.717) is 29.7 Å². The standard InChI is InChI=1S/C12H13N3O3/c13-5-1-7-18-12-3-2-11(15(16)17)10-8-14-6-4-9(10)12/h2-4,6,8H,1,5,7,13H2. The van der Waals surface area contributed by atoms with E-state index in [1.807, 2.05) is 0 Å². The van der Waals surface area contributed by atoms with Gasteiger partial charge in [-0.05, 0) is 25.1 Å². The van der Waals surface area contributed by atoms with E-state index < -0.39 is 4.92 Å². The fraction of sp³-hybridized carbons (Fsp3) is 0.250. The Bertz CT molecular complexity index is 571. The summed E-state index contributed by atoms with van der Waals surface area (Å²) < 4.78 is 5.56. The van der Waals surface area contributed by atoms with Crippen molar-refractivity contribution in [2.45, 2.75) is 6.42 Å². The van der Waals surface area contributed by atoms with Crippen LogP contribution in [0.3, 0.4) is 0 Å². The molecule has 0 aliphatic rings. The van der Waals surface area contributed by atoms with E-state index >= 15 is 0 Å². The van der Waals surface area contributed by atoms with Crippen molar-refractivity contribution in [1.29, 1.82) is 0 Å². The van der Waals surface area contributed by atoms with Crippen LogP contribution < -0.4 is 10.5 Å². The molecule has 0 saturated carbocycles. The summed E-state index contributed by atoms with van der Waals surface area (Å²) in [6, 6.07) is 4.75. The van der Waals surface area contributed by atoms with Gasteiger partial charge in [-0.1, -0.05) is 0 Å². The first kappa shape index (κ1) is 12.3. The lowest BCUT2D eigenvalue weighted by atomic mass is 10.1. The smallest absolute Gasteiger partial charge is 0.279 e. The quantitative estimate of drug-likeness (QED) is 0.494. The number of nitrogens with zero attached hydrogens (tertiary/aromatic N) is 2. The van der Waals surface area contributed by atoms with Gasteiger partial charge in [0, 0.05) is 23.8 Å². The SMILES string of the molecule is NCCCOc1ccc([N+](=O)[O-])c2cnccc12. The van der Waals surface area contributed by atoms with Gasteiger partial charge in [0.2, 0.25) is 0 Å². The van der Waals surface area contributed by atoms with Crippen molar-refractivity contribution in [3.8, 4) is 5.75 Å². The van der Waals surface area contributed by atoms with Gasteiger partial charge in [0.05, 0.1) is 16.9 Å². The predicted molar refractivity (Wildman–Crippen MR) is 67.6 cm³/mol. The first-order chi connectivity index (χ1) is 8.74. The molecule has 2 aromatic rings. The lowest BCUT2D eigenvalue weighted by Gasteiger charge is -2.08. The minimum atomic E-state index is -0.423. The first-order valence-corrected chi connectivity index (χ1v) is 5.58. The molecule has 0 radical (unpaired) electrons. The lowest BCUT2D eigenvalue weighted by Crippen LogP contribution is -2.06. The molecule has 2 rings (SSSR count). The highest BCUT2D eigenvalue weighted by Crippen LogP contribution is 2.32. The first-order valence-electron chi connectivity index (χ1n) is 5.58. The van der Waals surface area contributed by atoms with Gasteiger partial charge in [0.1, 0.15) is 5.75 Å². The maximum Gasteiger partial charge on any atom is 0.279 e. The van der Waals surface area contributed by atoms with Crippen LogP contribution in [-0.2, 0) is 0 Å². The molecule has 0 amide bonds. The molecule has 0 spiro atoms. The summed E-state index contributed by atoms with van der Waals surface area (Å²) >= 11 is 0. The maximum atomic E-state index is 10.9. The van der Waals surface area contributed by atoms with Crippen LogP contribution in [0.25, 0.3) is 10.8 Å². The zero-order valence-electron chi connectivity index (χ0n) is 9.70. The molecule has 0 unspecified atom stereocenters. The van der Waals surface area contributed by atoms with E-state index in [2.05, 4.69) is 4.98 Å². The number of fused-ring (bicyclic) bond motifs is 1. The monoisotopic (exact) mass is 247 g/mol. The van der Waals surface area contributed by atoms with Gasteiger partial charge in [0.25, 0.3) is 5.69 Å². The van der Waals surface area contributed by atoms with Crippen LogP contribution in [0.4, 0.5) is 5.69 Å². The van der Waals surface area contributed by atoms with Gasteiger partial charge >= 0.3 is 0 Å². The molecule has 0 aliphatic carbocycles. The van der Waals surface area contributed by atoms with Crippen LogP contribution in [0.15, 0.2) is 30.6 Å². The Labute approximate surface area is 104 Å². The Hall–Kier alpha value is -2.21. The van der Waals surface area contributed by atoms with Crippen LogP contribution in [0.1, 0.15) is 6.42 Å². The van der Waals surface area contributed by atoms with Crippen LogP contribution >= 0.6 is 0 Å². The second-order valence-corrected chi connectivity index (χ2v) is 3.75. The highest BCUT2D eigenvalue weighted by Gasteiger charge is 2.14. The highest BCUT2D eigenvalue weighted by atomic mass is 16.6. The van der Waals surface area contributed by atoms with Gasteiger partial charge < -0.3 is 10.5 Å². The number of hydrogen-bond donors (Lipinski definition) is 1. The molecule has 1 aromatic heterocycles. The molecule has 0 fully saturated rings. The number of aromatic nitrogens is 1. The second kappa shape index (κ2) is 5.42. The summed E-state index contributed by atoms with van der Waals surface area (Å²) in [6.45, 7) is 1.04. The van der Waals surface area contributed by atoms with Gasteiger partial charge in [-0.3, -0.25) is 15.1 Å². The minimum absolute atomic E-state index is 0.0317. The molecule has 0 atom stereocenters. The van der Waals surface area contributed by atoms with Crippen molar-refractivity contribution in [2.24, 2.45) is 5.73 Å². The normalized spacial score (nSPS) is 10.5. The third-order valence-electron chi connectivity index (χ3n) is 2.56. The molecule has 2 N–H and O–H groups in total. The zero-order chi connectivity index (χ0) is 13.0. The van der Waals surface area contributed by atoms with Gasteiger partial charge in [-0.2, -0.15) is 0 Å². The maximum absolute atomic E-state index is 10.9. The number of benzene rings is 1. The molecular weight excluding hydrogens is 234 g/mol. The third-order valence-corrected chi connectivity index (χ3v) is 2.56. The van der Waals surface area contributed by atoms with E-state index in [4.69, 9.17) is 10.5 Å². The summed E-state index contributed by atoms with van der Waals surface area (Å²) in [4.78, 5) is 14.4. The Morgan fingerprint density at radius 1 is 1.33 bits per heavy atom. The second-order valence-electron chi connectivity index (χ2n) is 3.75. The average Bonchev–Trinajstić information content (AvgIpc) is 2.38. The topological polar surface area (TPSA) is 91.3 Å². The average molecular weight is 247 g/mol. The Balaban J connectivity index is 2.44. The van der Waals surface area contributed by atoms with E-state index in [-0.39, 0.29) is 5.69 Å². The molecule has 0 bridgehead atoms. The van der Waals surface area contributed by atoms with Crippen molar-refractivity contribution < 1.29 is 9.66 Å². The highest BCUT2D eigenvalue weighted by molar-refractivity contribution is 5.94. The number of rotatable bonds is 5. The van der Waals surface area contributed by atoms with E-state index in [0.717, 1.165) is 6.42 Å². The number of nitrogens with two attached hydrogens (primary N) is 1. The van der Waals surface area contributed by atoms with Gasteiger partial charge in [-0.25, -0.2) is 0 Å². The summed E-state index contributed by atoms with van der Waals surface area (Å²) in [5.41, 5.74) is 5.42. The van der Waals surface area contributed by atoms with Crippen molar-refractivity contribution in [1.82, 2.24) is 4.98 Å².